The quantitative estimate of drug-likeness (QED) is 0.868. The Morgan fingerprint density at radius 2 is 2.19 bits per heavy atom. The first-order valence-electron chi connectivity index (χ1n) is 6.10. The van der Waals surface area contributed by atoms with Gasteiger partial charge in [-0.2, -0.15) is 4.31 Å². The van der Waals surface area contributed by atoms with Gasteiger partial charge in [0.15, 0.2) is 0 Å². The molecule has 0 fully saturated rings. The molecule has 114 valence electrons. The Morgan fingerprint density at radius 1 is 1.43 bits per heavy atom. The van der Waals surface area contributed by atoms with Gasteiger partial charge in [-0.15, -0.1) is 11.3 Å². The maximum Gasteiger partial charge on any atom is 0.246 e. The van der Waals surface area contributed by atoms with Gasteiger partial charge in [0.25, 0.3) is 0 Å². The van der Waals surface area contributed by atoms with Gasteiger partial charge < -0.3 is 9.84 Å². The predicted molar refractivity (Wildman–Crippen MR) is 79.7 cm³/mol. The first-order valence-corrected chi connectivity index (χ1v) is 8.48. The standard InChI is InChI=1S/C13H16N2O4S2/c1-15(6-11-8-20-9-14-11)21(17,18)13-4-3-10(7-16)5-12(13)19-2/h3-5,8-9,16H,6-7H2,1-2H3. The molecule has 0 amide bonds. The summed E-state index contributed by atoms with van der Waals surface area (Å²) in [6, 6.07) is 4.52. The van der Waals surface area contributed by atoms with Gasteiger partial charge in [-0.05, 0) is 17.7 Å². The van der Waals surface area contributed by atoms with E-state index in [0.29, 0.717) is 11.3 Å². The lowest BCUT2D eigenvalue weighted by atomic mass is 10.2. The van der Waals surface area contributed by atoms with Crippen LogP contribution < -0.4 is 4.74 Å². The van der Waals surface area contributed by atoms with E-state index in [2.05, 4.69) is 4.98 Å². The minimum Gasteiger partial charge on any atom is -0.495 e. The topological polar surface area (TPSA) is 79.7 Å². The van der Waals surface area contributed by atoms with E-state index in [9.17, 15) is 8.42 Å². The maximum atomic E-state index is 12.6. The van der Waals surface area contributed by atoms with E-state index >= 15 is 0 Å². The van der Waals surface area contributed by atoms with Gasteiger partial charge >= 0.3 is 0 Å². The molecule has 0 unspecified atom stereocenters. The molecule has 2 aromatic rings. The molecule has 0 aliphatic rings. The van der Waals surface area contributed by atoms with E-state index in [4.69, 9.17) is 9.84 Å². The van der Waals surface area contributed by atoms with Crippen molar-refractivity contribution in [2.75, 3.05) is 14.2 Å². The molecule has 1 aromatic carbocycles. The smallest absolute Gasteiger partial charge is 0.246 e. The second-order valence-electron chi connectivity index (χ2n) is 4.38. The van der Waals surface area contributed by atoms with Gasteiger partial charge in [-0.25, -0.2) is 13.4 Å². The third kappa shape index (κ3) is 3.41. The second kappa shape index (κ2) is 6.52. The number of rotatable bonds is 6. The van der Waals surface area contributed by atoms with Crippen LogP contribution in [0.15, 0.2) is 34.0 Å². The lowest BCUT2D eigenvalue weighted by Crippen LogP contribution is -2.27. The number of nitrogens with zero attached hydrogens (tertiary/aromatic N) is 2. The molecule has 0 radical (unpaired) electrons. The Labute approximate surface area is 127 Å². The zero-order valence-corrected chi connectivity index (χ0v) is 13.3. The third-order valence-corrected chi connectivity index (χ3v) is 5.45. The first-order chi connectivity index (χ1) is 9.98. The van der Waals surface area contributed by atoms with Crippen LogP contribution >= 0.6 is 11.3 Å². The van der Waals surface area contributed by atoms with Gasteiger partial charge in [-0.3, -0.25) is 0 Å². The van der Waals surface area contributed by atoms with Gasteiger partial charge in [0.05, 0.1) is 31.5 Å². The highest BCUT2D eigenvalue weighted by Crippen LogP contribution is 2.28. The molecule has 0 saturated carbocycles. The second-order valence-corrected chi connectivity index (χ2v) is 7.12. The maximum absolute atomic E-state index is 12.6. The molecular weight excluding hydrogens is 312 g/mol. The van der Waals surface area contributed by atoms with Crippen molar-refractivity contribution in [2.24, 2.45) is 0 Å². The number of benzene rings is 1. The lowest BCUT2D eigenvalue weighted by Gasteiger charge is -2.18. The van der Waals surface area contributed by atoms with Crippen LogP contribution in [0, 0.1) is 0 Å². The summed E-state index contributed by atoms with van der Waals surface area (Å²) < 4.78 is 31.5. The highest BCUT2D eigenvalue weighted by molar-refractivity contribution is 7.89. The summed E-state index contributed by atoms with van der Waals surface area (Å²) in [7, 11) is -0.799. The van der Waals surface area contributed by atoms with Crippen molar-refractivity contribution in [1.29, 1.82) is 0 Å². The molecule has 0 bridgehead atoms. The third-order valence-electron chi connectivity index (χ3n) is 2.97. The molecule has 1 N–H and O–H groups in total. The fraction of sp³-hybridized carbons (Fsp3) is 0.308. The number of aromatic nitrogens is 1. The van der Waals surface area contributed by atoms with Crippen LogP contribution in [0.5, 0.6) is 5.75 Å². The van der Waals surface area contributed by atoms with Crippen LogP contribution in [-0.4, -0.2) is 37.0 Å². The number of hydrogen-bond acceptors (Lipinski definition) is 6. The molecule has 8 heteroatoms. The van der Waals surface area contributed by atoms with Crippen LogP contribution in [-0.2, 0) is 23.2 Å². The molecule has 0 atom stereocenters. The molecule has 6 nitrogen and oxygen atoms in total. The van der Waals surface area contributed by atoms with E-state index in [1.807, 2.05) is 0 Å². The van der Waals surface area contributed by atoms with Crippen LogP contribution in [0.4, 0.5) is 0 Å². The van der Waals surface area contributed by atoms with Gasteiger partial charge in [0.2, 0.25) is 10.0 Å². The molecule has 21 heavy (non-hydrogen) atoms. The summed E-state index contributed by atoms with van der Waals surface area (Å²) in [5.41, 5.74) is 2.94. The summed E-state index contributed by atoms with van der Waals surface area (Å²) in [6.45, 7) is 0.0160. The van der Waals surface area contributed by atoms with Gasteiger partial charge in [0, 0.05) is 12.4 Å². The number of methoxy groups -OCH3 is 1. The van der Waals surface area contributed by atoms with Gasteiger partial charge in [0.1, 0.15) is 10.6 Å². The minimum absolute atomic E-state index is 0.0694. The Morgan fingerprint density at radius 3 is 2.76 bits per heavy atom. The number of hydrogen-bond donors (Lipinski definition) is 1. The van der Waals surface area contributed by atoms with Crippen LogP contribution in [0.25, 0.3) is 0 Å². The molecular formula is C13H16N2O4S2. The zero-order valence-electron chi connectivity index (χ0n) is 11.7. The molecule has 0 aliphatic heterocycles. The normalized spacial score (nSPS) is 11.8. The molecule has 0 spiro atoms. The largest absolute Gasteiger partial charge is 0.495 e. The SMILES string of the molecule is COc1cc(CO)ccc1S(=O)(=O)N(C)Cc1cscn1. The van der Waals surface area contributed by atoms with E-state index < -0.39 is 10.0 Å². The summed E-state index contributed by atoms with van der Waals surface area (Å²) in [4.78, 5) is 4.15. The Bertz CT molecular complexity index is 699. The predicted octanol–water partition coefficient (Wildman–Crippen LogP) is 1.46. The number of sulfonamides is 1. The Hall–Kier alpha value is -1.48. The zero-order chi connectivity index (χ0) is 15.5. The average Bonchev–Trinajstić information content (AvgIpc) is 2.99. The van der Waals surface area contributed by atoms with E-state index in [1.54, 1.807) is 17.0 Å². The molecule has 0 saturated heterocycles. The average molecular weight is 328 g/mol. The summed E-state index contributed by atoms with van der Waals surface area (Å²) in [5.74, 6) is 0.215. The number of ether oxygens (including phenoxy) is 1. The fourth-order valence-corrected chi connectivity index (χ4v) is 3.64. The Kier molecular flexibility index (Phi) is 4.94. The van der Waals surface area contributed by atoms with Gasteiger partial charge in [-0.1, -0.05) is 6.07 Å². The number of aliphatic hydroxyl groups is 1. The Balaban J connectivity index is 2.34. The lowest BCUT2D eigenvalue weighted by molar-refractivity contribution is 0.280. The highest BCUT2D eigenvalue weighted by atomic mass is 32.2. The van der Waals surface area contributed by atoms with Crippen LogP contribution in [0.2, 0.25) is 0 Å². The molecule has 1 aromatic heterocycles. The summed E-state index contributed by atoms with van der Waals surface area (Å²) in [5, 5.41) is 10.9. The monoisotopic (exact) mass is 328 g/mol. The van der Waals surface area contributed by atoms with Crippen molar-refractivity contribution in [3.63, 3.8) is 0 Å². The van der Waals surface area contributed by atoms with E-state index in [0.717, 1.165) is 0 Å². The number of aliphatic hydroxyl groups excluding tert-OH is 1. The van der Waals surface area contributed by atoms with Crippen molar-refractivity contribution in [1.82, 2.24) is 9.29 Å². The highest BCUT2D eigenvalue weighted by Gasteiger charge is 2.25. The van der Waals surface area contributed by atoms with E-state index in [-0.39, 0.29) is 23.8 Å². The molecule has 1 heterocycles. The van der Waals surface area contributed by atoms with Crippen molar-refractivity contribution in [2.45, 2.75) is 18.0 Å². The molecule has 0 aliphatic carbocycles. The van der Waals surface area contributed by atoms with E-state index in [1.165, 1.54) is 41.9 Å². The summed E-state index contributed by atoms with van der Waals surface area (Å²) in [6.07, 6.45) is 0. The number of thiazole rings is 1. The first kappa shape index (κ1) is 15.9. The van der Waals surface area contributed by atoms with Crippen molar-refractivity contribution in [3.8, 4) is 5.75 Å². The van der Waals surface area contributed by atoms with Crippen LogP contribution in [0.3, 0.4) is 0 Å². The minimum atomic E-state index is -3.69. The van der Waals surface area contributed by atoms with Crippen molar-refractivity contribution >= 4 is 21.4 Å². The van der Waals surface area contributed by atoms with Crippen molar-refractivity contribution in [3.05, 3.63) is 40.3 Å². The van der Waals surface area contributed by atoms with Crippen molar-refractivity contribution < 1.29 is 18.3 Å². The van der Waals surface area contributed by atoms with Crippen LogP contribution in [0.1, 0.15) is 11.3 Å². The fourth-order valence-electron chi connectivity index (χ4n) is 1.82. The summed E-state index contributed by atoms with van der Waals surface area (Å²) >= 11 is 1.42. The molecule has 2 rings (SSSR count).